The molecule has 2 aliphatic heterocycles. The predicted octanol–water partition coefficient (Wildman–Crippen LogP) is 3.51. The Kier molecular flexibility index (Phi) is 7.46. The molecule has 1 N–H and O–H groups in total. The Morgan fingerprint density at radius 1 is 1.19 bits per heavy atom. The molecule has 1 aromatic carbocycles. The molecule has 0 aliphatic carbocycles. The van der Waals surface area contributed by atoms with Gasteiger partial charge in [-0.3, -0.25) is 4.79 Å². The largest absolute Gasteiger partial charge is 0.497 e. The summed E-state index contributed by atoms with van der Waals surface area (Å²) in [6.45, 7) is 8.51. The SMILES string of the molecule is COc1ccc(C2(CNC(=O)C3CCCN(C(=O)OC(C)(C)C)C3)CCOCC2)cc1. The topological polar surface area (TPSA) is 77.1 Å². The van der Waals surface area contributed by atoms with Crippen molar-refractivity contribution in [2.75, 3.05) is 40.0 Å². The van der Waals surface area contributed by atoms with Crippen molar-refractivity contribution in [3.63, 3.8) is 0 Å². The van der Waals surface area contributed by atoms with Crippen LogP contribution >= 0.6 is 0 Å². The third kappa shape index (κ3) is 6.12. The summed E-state index contributed by atoms with van der Waals surface area (Å²) in [5.74, 6) is 0.612. The van der Waals surface area contributed by atoms with Gasteiger partial charge in [-0.25, -0.2) is 4.79 Å². The summed E-state index contributed by atoms with van der Waals surface area (Å²) in [5.41, 5.74) is 0.496. The minimum Gasteiger partial charge on any atom is -0.497 e. The number of rotatable bonds is 5. The monoisotopic (exact) mass is 432 g/mol. The Labute approximate surface area is 185 Å². The maximum atomic E-state index is 13.0. The van der Waals surface area contributed by atoms with E-state index in [0.717, 1.165) is 31.4 Å². The molecule has 7 nitrogen and oxygen atoms in total. The maximum Gasteiger partial charge on any atom is 0.410 e. The molecule has 0 spiro atoms. The molecule has 0 saturated carbocycles. The predicted molar refractivity (Wildman–Crippen MR) is 118 cm³/mol. The number of piperidine rings is 1. The van der Waals surface area contributed by atoms with E-state index in [0.29, 0.717) is 32.8 Å². The highest BCUT2D eigenvalue weighted by Crippen LogP contribution is 2.35. The van der Waals surface area contributed by atoms with Gasteiger partial charge in [-0.2, -0.15) is 0 Å². The molecule has 2 saturated heterocycles. The first-order chi connectivity index (χ1) is 14.7. The summed E-state index contributed by atoms with van der Waals surface area (Å²) in [6, 6.07) is 8.10. The second-order valence-corrected chi connectivity index (χ2v) is 9.60. The Hall–Kier alpha value is -2.28. The third-order valence-corrected chi connectivity index (χ3v) is 6.20. The molecule has 2 amide bonds. The van der Waals surface area contributed by atoms with Gasteiger partial charge in [0.1, 0.15) is 11.4 Å². The number of hydrogen-bond acceptors (Lipinski definition) is 5. The van der Waals surface area contributed by atoms with Gasteiger partial charge in [-0.15, -0.1) is 0 Å². The zero-order valence-corrected chi connectivity index (χ0v) is 19.2. The average Bonchev–Trinajstić information content (AvgIpc) is 2.77. The molecule has 0 bridgehead atoms. The van der Waals surface area contributed by atoms with Crippen LogP contribution in [-0.2, 0) is 19.7 Å². The Balaban J connectivity index is 1.63. The molecule has 7 heteroatoms. The van der Waals surface area contributed by atoms with Crippen molar-refractivity contribution in [1.82, 2.24) is 10.2 Å². The van der Waals surface area contributed by atoms with Gasteiger partial charge in [0, 0.05) is 38.3 Å². The molecule has 172 valence electrons. The standard InChI is InChI=1S/C24H36N2O5/c1-23(2,3)31-22(28)26-13-5-6-18(16-26)21(27)25-17-24(11-14-30-15-12-24)19-7-9-20(29-4)10-8-19/h7-10,18H,5-6,11-17H2,1-4H3,(H,25,27). The van der Waals surface area contributed by atoms with E-state index in [2.05, 4.69) is 17.4 Å². The molecule has 1 atom stereocenters. The number of amides is 2. The van der Waals surface area contributed by atoms with Crippen LogP contribution < -0.4 is 10.1 Å². The van der Waals surface area contributed by atoms with Crippen LogP contribution in [0.15, 0.2) is 24.3 Å². The van der Waals surface area contributed by atoms with Crippen LogP contribution in [0.3, 0.4) is 0 Å². The number of nitrogens with zero attached hydrogens (tertiary/aromatic N) is 1. The first-order valence-corrected chi connectivity index (χ1v) is 11.2. The lowest BCUT2D eigenvalue weighted by Gasteiger charge is -2.39. The second kappa shape index (κ2) is 9.90. The van der Waals surface area contributed by atoms with E-state index in [1.54, 1.807) is 12.0 Å². The van der Waals surface area contributed by atoms with E-state index in [9.17, 15) is 9.59 Å². The summed E-state index contributed by atoms with van der Waals surface area (Å²) in [6.07, 6.45) is 2.95. The van der Waals surface area contributed by atoms with Crippen LogP contribution in [-0.4, -0.2) is 62.5 Å². The lowest BCUT2D eigenvalue weighted by molar-refractivity contribution is -0.127. The number of nitrogens with one attached hydrogen (secondary N) is 1. The molecular formula is C24H36N2O5. The highest BCUT2D eigenvalue weighted by atomic mass is 16.6. The number of hydrogen-bond donors (Lipinski definition) is 1. The fraction of sp³-hybridized carbons (Fsp3) is 0.667. The average molecular weight is 433 g/mol. The Morgan fingerprint density at radius 2 is 1.87 bits per heavy atom. The number of carbonyl (C=O) groups is 2. The quantitative estimate of drug-likeness (QED) is 0.771. The van der Waals surface area contributed by atoms with Crippen molar-refractivity contribution in [2.24, 2.45) is 5.92 Å². The number of carbonyl (C=O) groups excluding carboxylic acids is 2. The molecule has 3 rings (SSSR count). The van der Waals surface area contributed by atoms with E-state index < -0.39 is 5.60 Å². The van der Waals surface area contributed by atoms with Crippen molar-refractivity contribution in [1.29, 1.82) is 0 Å². The van der Waals surface area contributed by atoms with Gasteiger partial charge < -0.3 is 24.4 Å². The summed E-state index contributed by atoms with van der Waals surface area (Å²) in [5, 5.41) is 3.19. The van der Waals surface area contributed by atoms with Crippen LogP contribution in [0.25, 0.3) is 0 Å². The van der Waals surface area contributed by atoms with Crippen LogP contribution in [0.1, 0.15) is 52.0 Å². The summed E-state index contributed by atoms with van der Waals surface area (Å²) in [4.78, 5) is 27.1. The van der Waals surface area contributed by atoms with Gasteiger partial charge in [0.25, 0.3) is 0 Å². The van der Waals surface area contributed by atoms with E-state index in [-0.39, 0.29) is 23.3 Å². The second-order valence-electron chi connectivity index (χ2n) is 9.60. The zero-order valence-electron chi connectivity index (χ0n) is 19.2. The highest BCUT2D eigenvalue weighted by Gasteiger charge is 2.37. The van der Waals surface area contributed by atoms with Crippen LogP contribution in [0, 0.1) is 5.92 Å². The Morgan fingerprint density at radius 3 is 2.48 bits per heavy atom. The van der Waals surface area contributed by atoms with Crippen molar-refractivity contribution in [3.8, 4) is 5.75 Å². The fourth-order valence-corrected chi connectivity index (χ4v) is 4.36. The molecular weight excluding hydrogens is 396 g/mol. The van der Waals surface area contributed by atoms with Gasteiger partial charge in [0.05, 0.1) is 13.0 Å². The number of methoxy groups -OCH3 is 1. The van der Waals surface area contributed by atoms with Crippen molar-refractivity contribution in [2.45, 2.75) is 57.5 Å². The molecule has 2 heterocycles. The first-order valence-electron chi connectivity index (χ1n) is 11.2. The van der Waals surface area contributed by atoms with Gasteiger partial charge >= 0.3 is 6.09 Å². The summed E-state index contributed by atoms with van der Waals surface area (Å²) >= 11 is 0. The molecule has 0 aromatic heterocycles. The minimum absolute atomic E-state index is 0.00707. The van der Waals surface area contributed by atoms with Gasteiger partial charge in [0.15, 0.2) is 0 Å². The number of likely N-dealkylation sites (tertiary alicyclic amines) is 1. The number of ether oxygens (including phenoxy) is 3. The van der Waals surface area contributed by atoms with Crippen molar-refractivity contribution >= 4 is 12.0 Å². The normalized spacial score (nSPS) is 21.3. The molecule has 31 heavy (non-hydrogen) atoms. The molecule has 1 aromatic rings. The van der Waals surface area contributed by atoms with E-state index in [1.165, 1.54) is 5.56 Å². The zero-order chi connectivity index (χ0) is 22.5. The van der Waals surface area contributed by atoms with Crippen molar-refractivity contribution in [3.05, 3.63) is 29.8 Å². The van der Waals surface area contributed by atoms with Gasteiger partial charge in [0.2, 0.25) is 5.91 Å². The van der Waals surface area contributed by atoms with Crippen LogP contribution in [0.4, 0.5) is 4.79 Å². The van der Waals surface area contributed by atoms with Crippen LogP contribution in [0.5, 0.6) is 5.75 Å². The molecule has 2 aliphatic rings. The highest BCUT2D eigenvalue weighted by molar-refractivity contribution is 5.80. The Bertz CT molecular complexity index is 750. The molecule has 0 radical (unpaired) electrons. The summed E-state index contributed by atoms with van der Waals surface area (Å²) < 4.78 is 16.4. The lowest BCUT2D eigenvalue weighted by Crippen LogP contribution is -2.50. The first kappa shape index (κ1) is 23.4. The van der Waals surface area contributed by atoms with Gasteiger partial charge in [-0.05, 0) is 64.2 Å². The minimum atomic E-state index is -0.542. The van der Waals surface area contributed by atoms with Gasteiger partial charge in [-0.1, -0.05) is 12.1 Å². The number of benzene rings is 1. The fourth-order valence-electron chi connectivity index (χ4n) is 4.36. The molecule has 2 fully saturated rings. The van der Waals surface area contributed by atoms with Crippen molar-refractivity contribution < 1.29 is 23.8 Å². The van der Waals surface area contributed by atoms with Crippen LogP contribution in [0.2, 0.25) is 0 Å². The lowest BCUT2D eigenvalue weighted by atomic mass is 9.74. The smallest absolute Gasteiger partial charge is 0.410 e. The van der Waals surface area contributed by atoms with E-state index in [1.807, 2.05) is 32.9 Å². The third-order valence-electron chi connectivity index (χ3n) is 6.20. The van der Waals surface area contributed by atoms with E-state index in [4.69, 9.17) is 14.2 Å². The van der Waals surface area contributed by atoms with E-state index >= 15 is 0 Å². The maximum absolute atomic E-state index is 13.0. The molecule has 1 unspecified atom stereocenters. The summed E-state index contributed by atoms with van der Waals surface area (Å²) in [7, 11) is 1.66.